The first-order valence-corrected chi connectivity index (χ1v) is 6.74. The molecule has 0 spiro atoms. The fourth-order valence-electron chi connectivity index (χ4n) is 1.79. The van der Waals surface area contributed by atoms with E-state index in [1.54, 1.807) is 17.5 Å². The standard InChI is InChI=1S/C11H13N7S/c12-17-11-15-9(8-5-14-18-10(8)16-11)13-3-1-7-2-4-19-6-7/h2,4-6H,1,3,12H2,(H3,13,14,15,16,17,18). The van der Waals surface area contributed by atoms with Crippen LogP contribution in [-0.2, 0) is 6.42 Å². The van der Waals surface area contributed by atoms with Crippen molar-refractivity contribution in [2.24, 2.45) is 5.84 Å². The number of rotatable bonds is 5. The molecule has 0 saturated heterocycles. The molecule has 3 rings (SSSR count). The van der Waals surface area contributed by atoms with Gasteiger partial charge in [-0.15, -0.1) is 0 Å². The number of nitrogens with zero attached hydrogens (tertiary/aromatic N) is 3. The second-order valence-electron chi connectivity index (χ2n) is 3.98. The molecule has 0 aliphatic carbocycles. The minimum absolute atomic E-state index is 0.356. The third-order valence-corrected chi connectivity index (χ3v) is 3.46. The summed E-state index contributed by atoms with van der Waals surface area (Å²) in [4.78, 5) is 8.46. The molecular weight excluding hydrogens is 262 g/mol. The van der Waals surface area contributed by atoms with Gasteiger partial charge in [-0.05, 0) is 28.8 Å². The van der Waals surface area contributed by atoms with Crippen LogP contribution in [0.3, 0.4) is 0 Å². The highest BCUT2D eigenvalue weighted by molar-refractivity contribution is 7.07. The Hall–Kier alpha value is -2.19. The van der Waals surface area contributed by atoms with E-state index in [-0.39, 0.29) is 0 Å². The lowest BCUT2D eigenvalue weighted by Gasteiger charge is -2.07. The minimum atomic E-state index is 0.356. The number of hydrogen-bond donors (Lipinski definition) is 4. The van der Waals surface area contributed by atoms with Crippen LogP contribution in [0.4, 0.5) is 11.8 Å². The number of hydrogen-bond acceptors (Lipinski definition) is 7. The number of thiophene rings is 1. The summed E-state index contributed by atoms with van der Waals surface area (Å²) in [6, 6.07) is 2.12. The van der Waals surface area contributed by atoms with Crippen LogP contribution in [0, 0.1) is 0 Å². The van der Waals surface area contributed by atoms with Crippen LogP contribution >= 0.6 is 11.3 Å². The van der Waals surface area contributed by atoms with E-state index in [0.717, 1.165) is 24.2 Å². The van der Waals surface area contributed by atoms with Gasteiger partial charge in [-0.1, -0.05) is 0 Å². The number of anilines is 2. The van der Waals surface area contributed by atoms with Gasteiger partial charge >= 0.3 is 0 Å². The van der Waals surface area contributed by atoms with Gasteiger partial charge in [-0.2, -0.15) is 26.4 Å². The molecule has 19 heavy (non-hydrogen) atoms. The molecule has 0 fully saturated rings. The number of nitrogens with two attached hydrogens (primary N) is 1. The molecule has 0 radical (unpaired) electrons. The van der Waals surface area contributed by atoms with Crippen LogP contribution in [0.25, 0.3) is 11.0 Å². The molecule has 7 nitrogen and oxygen atoms in total. The van der Waals surface area contributed by atoms with E-state index in [1.165, 1.54) is 5.56 Å². The summed E-state index contributed by atoms with van der Waals surface area (Å²) in [5, 5.41) is 15.1. The van der Waals surface area contributed by atoms with Crippen molar-refractivity contribution in [1.82, 2.24) is 20.2 Å². The van der Waals surface area contributed by atoms with Crippen LogP contribution in [0.1, 0.15) is 5.56 Å². The fourth-order valence-corrected chi connectivity index (χ4v) is 2.50. The zero-order chi connectivity index (χ0) is 13.1. The van der Waals surface area contributed by atoms with Gasteiger partial charge in [0.15, 0.2) is 5.65 Å². The van der Waals surface area contributed by atoms with Crippen molar-refractivity contribution in [2.75, 3.05) is 17.3 Å². The van der Waals surface area contributed by atoms with Crippen molar-refractivity contribution >= 4 is 34.1 Å². The molecule has 5 N–H and O–H groups in total. The van der Waals surface area contributed by atoms with Crippen LogP contribution in [0.15, 0.2) is 23.0 Å². The highest BCUT2D eigenvalue weighted by Gasteiger charge is 2.08. The quantitative estimate of drug-likeness (QED) is 0.414. The maximum Gasteiger partial charge on any atom is 0.241 e. The van der Waals surface area contributed by atoms with Crippen molar-refractivity contribution in [3.8, 4) is 0 Å². The maximum absolute atomic E-state index is 5.35. The predicted molar refractivity (Wildman–Crippen MR) is 76.0 cm³/mol. The molecule has 0 atom stereocenters. The number of H-pyrrole nitrogens is 1. The van der Waals surface area contributed by atoms with Crippen molar-refractivity contribution in [3.05, 3.63) is 28.6 Å². The Labute approximate surface area is 113 Å². The maximum atomic E-state index is 5.35. The Kier molecular flexibility index (Phi) is 3.25. The van der Waals surface area contributed by atoms with E-state index in [1.807, 2.05) is 0 Å². The summed E-state index contributed by atoms with van der Waals surface area (Å²) < 4.78 is 0. The smallest absolute Gasteiger partial charge is 0.241 e. The van der Waals surface area contributed by atoms with Gasteiger partial charge in [0.2, 0.25) is 5.95 Å². The normalized spacial score (nSPS) is 10.8. The Morgan fingerprint density at radius 3 is 3.11 bits per heavy atom. The molecule has 0 unspecified atom stereocenters. The zero-order valence-electron chi connectivity index (χ0n) is 10.1. The topological polar surface area (TPSA) is 105 Å². The Bertz CT molecular complexity index is 661. The van der Waals surface area contributed by atoms with Crippen LogP contribution in [0.2, 0.25) is 0 Å². The van der Waals surface area contributed by atoms with Gasteiger partial charge in [-0.25, -0.2) is 5.84 Å². The molecule has 0 aliphatic heterocycles. The second kappa shape index (κ2) is 5.21. The van der Waals surface area contributed by atoms with E-state index in [4.69, 9.17) is 5.84 Å². The second-order valence-corrected chi connectivity index (χ2v) is 4.76. The summed E-state index contributed by atoms with van der Waals surface area (Å²) in [6.07, 6.45) is 2.64. The third kappa shape index (κ3) is 2.49. The molecule has 3 aromatic rings. The van der Waals surface area contributed by atoms with Crippen LogP contribution in [-0.4, -0.2) is 26.7 Å². The fraction of sp³-hybridized carbons (Fsp3) is 0.182. The predicted octanol–water partition coefficient (Wildman–Crippen LogP) is 1.35. The highest BCUT2D eigenvalue weighted by Crippen LogP contribution is 2.19. The largest absolute Gasteiger partial charge is 0.369 e. The van der Waals surface area contributed by atoms with Crippen molar-refractivity contribution in [2.45, 2.75) is 6.42 Å². The molecule has 3 heterocycles. The summed E-state index contributed by atoms with van der Waals surface area (Å²) in [7, 11) is 0. The van der Waals surface area contributed by atoms with Gasteiger partial charge in [0.05, 0.1) is 11.6 Å². The number of fused-ring (bicyclic) bond motifs is 1. The molecule has 0 aromatic carbocycles. The lowest BCUT2D eigenvalue weighted by molar-refractivity contribution is 1.01. The van der Waals surface area contributed by atoms with Crippen molar-refractivity contribution in [3.63, 3.8) is 0 Å². The Morgan fingerprint density at radius 1 is 1.37 bits per heavy atom. The summed E-state index contributed by atoms with van der Waals surface area (Å²) >= 11 is 1.70. The van der Waals surface area contributed by atoms with Gasteiger partial charge in [0.25, 0.3) is 0 Å². The minimum Gasteiger partial charge on any atom is -0.369 e. The van der Waals surface area contributed by atoms with Gasteiger partial charge < -0.3 is 5.32 Å². The van der Waals surface area contributed by atoms with E-state index in [9.17, 15) is 0 Å². The number of nitrogens with one attached hydrogen (secondary N) is 3. The molecule has 98 valence electrons. The Balaban J connectivity index is 1.77. The zero-order valence-corrected chi connectivity index (χ0v) is 10.9. The van der Waals surface area contributed by atoms with Gasteiger partial charge in [0, 0.05) is 6.54 Å². The first-order valence-electron chi connectivity index (χ1n) is 5.79. The average molecular weight is 275 g/mol. The Morgan fingerprint density at radius 2 is 2.32 bits per heavy atom. The lowest BCUT2D eigenvalue weighted by atomic mass is 10.2. The molecule has 0 amide bonds. The van der Waals surface area contributed by atoms with Crippen molar-refractivity contribution in [1.29, 1.82) is 0 Å². The SMILES string of the molecule is NNc1nc(NCCc2ccsc2)c2cn[nH]c2n1. The van der Waals surface area contributed by atoms with Crippen molar-refractivity contribution < 1.29 is 0 Å². The molecular formula is C11H13N7S. The number of aromatic amines is 1. The number of aromatic nitrogens is 4. The first kappa shape index (κ1) is 11.9. The first-order chi connectivity index (χ1) is 9.36. The summed E-state index contributed by atoms with van der Waals surface area (Å²) in [5.74, 6) is 6.43. The van der Waals surface area contributed by atoms with E-state index < -0.39 is 0 Å². The number of nitrogen functional groups attached to an aromatic ring is 1. The van der Waals surface area contributed by atoms with Crippen LogP contribution in [0.5, 0.6) is 0 Å². The van der Waals surface area contributed by atoms with E-state index in [2.05, 4.69) is 47.7 Å². The highest BCUT2D eigenvalue weighted by atomic mass is 32.1. The summed E-state index contributed by atoms with van der Waals surface area (Å²) in [5.41, 5.74) is 4.41. The third-order valence-electron chi connectivity index (χ3n) is 2.73. The summed E-state index contributed by atoms with van der Waals surface area (Å²) in [6.45, 7) is 0.790. The lowest BCUT2D eigenvalue weighted by Crippen LogP contribution is -2.13. The molecule has 0 saturated carbocycles. The van der Waals surface area contributed by atoms with E-state index >= 15 is 0 Å². The molecule has 0 aliphatic rings. The molecule has 3 aromatic heterocycles. The van der Waals surface area contributed by atoms with Gasteiger partial charge in [0.1, 0.15) is 5.82 Å². The molecule has 0 bridgehead atoms. The molecule has 8 heteroatoms. The van der Waals surface area contributed by atoms with E-state index in [0.29, 0.717) is 11.6 Å². The van der Waals surface area contributed by atoms with Gasteiger partial charge in [-0.3, -0.25) is 10.5 Å². The average Bonchev–Trinajstić information content (AvgIpc) is 3.08. The monoisotopic (exact) mass is 275 g/mol. The number of hydrazine groups is 1. The van der Waals surface area contributed by atoms with Crippen LogP contribution < -0.4 is 16.6 Å².